The Kier molecular flexibility index (Phi) is 4.43. The van der Waals surface area contributed by atoms with Gasteiger partial charge in [-0.05, 0) is 42.5 Å². The molecule has 0 bridgehead atoms. The molecule has 0 unspecified atom stereocenters. The van der Waals surface area contributed by atoms with Crippen molar-refractivity contribution in [2.75, 3.05) is 35.8 Å². The van der Waals surface area contributed by atoms with E-state index >= 15 is 0 Å². The van der Waals surface area contributed by atoms with Crippen LogP contribution in [0.3, 0.4) is 0 Å². The van der Waals surface area contributed by atoms with Gasteiger partial charge in [0.1, 0.15) is 5.75 Å². The minimum absolute atomic E-state index is 0.0725. The lowest BCUT2D eigenvalue weighted by Gasteiger charge is -2.29. The van der Waals surface area contributed by atoms with Crippen LogP contribution in [0.1, 0.15) is 5.56 Å². The van der Waals surface area contributed by atoms with E-state index in [1.54, 1.807) is 24.3 Å². The summed E-state index contributed by atoms with van der Waals surface area (Å²) in [6.07, 6.45) is -3.82. The first-order chi connectivity index (χ1) is 12.8. The number of piperazine rings is 1. The molecule has 0 radical (unpaired) electrons. The van der Waals surface area contributed by atoms with E-state index in [0.29, 0.717) is 0 Å². The Hall–Kier alpha value is -2.39. The highest BCUT2D eigenvalue weighted by molar-refractivity contribution is 7.92. The molecular formula is C18H19F2N3O3S. The molecule has 2 heterocycles. The molecule has 0 aliphatic carbocycles. The number of hydrogen-bond acceptors (Lipinski definition) is 5. The van der Waals surface area contributed by atoms with E-state index < -0.39 is 22.6 Å². The van der Waals surface area contributed by atoms with E-state index in [9.17, 15) is 17.2 Å². The van der Waals surface area contributed by atoms with Crippen LogP contribution in [0, 0.1) is 0 Å². The summed E-state index contributed by atoms with van der Waals surface area (Å²) in [7, 11) is -3.82. The monoisotopic (exact) mass is 395 g/mol. The molecule has 0 atom stereocenters. The molecule has 2 aliphatic heterocycles. The molecule has 144 valence electrons. The Morgan fingerprint density at radius 2 is 1.78 bits per heavy atom. The van der Waals surface area contributed by atoms with Crippen LogP contribution in [0.2, 0.25) is 0 Å². The highest BCUT2D eigenvalue weighted by Crippen LogP contribution is 2.38. The van der Waals surface area contributed by atoms with Crippen molar-refractivity contribution in [3.05, 3.63) is 48.0 Å². The van der Waals surface area contributed by atoms with Crippen LogP contribution in [0.15, 0.2) is 47.4 Å². The fraction of sp³-hybridized carbons (Fsp3) is 0.333. The number of ether oxygens (including phenoxy) is 1. The van der Waals surface area contributed by atoms with E-state index in [1.807, 2.05) is 0 Å². The average Bonchev–Trinajstić information content (AvgIpc) is 2.95. The number of alkyl halides is 2. The number of hydrogen-bond donors (Lipinski definition) is 2. The average molecular weight is 395 g/mol. The predicted molar refractivity (Wildman–Crippen MR) is 98.1 cm³/mol. The Balaban J connectivity index is 1.51. The van der Waals surface area contributed by atoms with Gasteiger partial charge < -0.3 is 15.0 Å². The fourth-order valence-corrected chi connectivity index (χ4v) is 4.32. The van der Waals surface area contributed by atoms with Gasteiger partial charge in [-0.15, -0.1) is 0 Å². The summed E-state index contributed by atoms with van der Waals surface area (Å²) >= 11 is 0. The predicted octanol–water partition coefficient (Wildman–Crippen LogP) is 2.42. The lowest BCUT2D eigenvalue weighted by molar-refractivity contribution is -0.159. The van der Waals surface area contributed by atoms with Crippen LogP contribution >= 0.6 is 0 Å². The van der Waals surface area contributed by atoms with E-state index in [-0.39, 0.29) is 21.9 Å². The number of sulfonamides is 1. The van der Waals surface area contributed by atoms with E-state index in [1.165, 1.54) is 18.2 Å². The number of benzene rings is 2. The third-order valence-electron chi connectivity index (χ3n) is 4.60. The lowest BCUT2D eigenvalue weighted by Crippen LogP contribution is -2.43. The van der Waals surface area contributed by atoms with Crippen molar-refractivity contribution in [1.29, 1.82) is 0 Å². The van der Waals surface area contributed by atoms with E-state index in [0.717, 1.165) is 31.9 Å². The van der Waals surface area contributed by atoms with Gasteiger partial charge in [-0.2, -0.15) is 8.78 Å². The summed E-state index contributed by atoms with van der Waals surface area (Å²) in [6, 6.07) is 10.8. The summed E-state index contributed by atoms with van der Waals surface area (Å²) < 4.78 is 58.7. The van der Waals surface area contributed by atoms with Crippen molar-refractivity contribution in [2.45, 2.75) is 17.4 Å². The standard InChI is InChI=1S/C18H19F2N3O3S/c19-18(20)12-13-11-14(1-6-17(13)26-18)22-27(24,25)16-4-2-15(3-5-16)23-9-7-21-8-10-23/h1-6,11,21-22H,7-10,12H2. The number of anilines is 2. The minimum Gasteiger partial charge on any atom is -0.432 e. The summed E-state index contributed by atoms with van der Waals surface area (Å²) in [6.45, 7) is 3.52. The van der Waals surface area contributed by atoms with Gasteiger partial charge >= 0.3 is 6.11 Å². The molecule has 2 aromatic rings. The number of fused-ring (bicyclic) bond motifs is 1. The second kappa shape index (κ2) is 6.65. The Morgan fingerprint density at radius 3 is 2.48 bits per heavy atom. The third kappa shape index (κ3) is 3.84. The van der Waals surface area contributed by atoms with Gasteiger partial charge in [-0.3, -0.25) is 4.72 Å². The Labute approximate surface area is 156 Å². The number of nitrogens with one attached hydrogen (secondary N) is 2. The summed E-state index contributed by atoms with van der Waals surface area (Å²) in [5.41, 5.74) is 1.46. The molecule has 0 saturated carbocycles. The SMILES string of the molecule is O=S(=O)(Nc1ccc2c(c1)CC(F)(F)O2)c1ccc(N2CCNCC2)cc1. The van der Waals surface area contributed by atoms with Crippen molar-refractivity contribution in [2.24, 2.45) is 0 Å². The first-order valence-corrected chi connectivity index (χ1v) is 10.1. The van der Waals surface area contributed by atoms with Gasteiger partial charge in [-0.25, -0.2) is 8.42 Å². The molecule has 6 nitrogen and oxygen atoms in total. The summed E-state index contributed by atoms with van der Waals surface area (Å²) in [4.78, 5) is 2.30. The highest BCUT2D eigenvalue weighted by atomic mass is 32.2. The molecule has 1 fully saturated rings. The number of halogens is 2. The molecule has 2 aromatic carbocycles. The van der Waals surface area contributed by atoms with Crippen LogP contribution in [0.25, 0.3) is 0 Å². The second-order valence-electron chi connectivity index (χ2n) is 6.58. The van der Waals surface area contributed by atoms with Crippen LogP contribution in [-0.2, 0) is 16.4 Å². The third-order valence-corrected chi connectivity index (χ3v) is 5.99. The quantitative estimate of drug-likeness (QED) is 0.832. The number of nitrogens with zero attached hydrogens (tertiary/aromatic N) is 1. The molecule has 0 aromatic heterocycles. The normalized spacial score (nSPS) is 18.7. The molecule has 2 N–H and O–H groups in total. The zero-order valence-corrected chi connectivity index (χ0v) is 15.2. The zero-order chi connectivity index (χ0) is 19.1. The molecular weight excluding hydrogens is 376 g/mol. The van der Waals surface area contributed by atoms with E-state index in [2.05, 4.69) is 19.7 Å². The van der Waals surface area contributed by atoms with Gasteiger partial charge in [0.15, 0.2) is 0 Å². The maximum absolute atomic E-state index is 13.3. The first-order valence-electron chi connectivity index (χ1n) is 8.61. The summed E-state index contributed by atoms with van der Waals surface area (Å²) in [5.74, 6) is 0.0725. The maximum Gasteiger partial charge on any atom is 0.402 e. The fourth-order valence-electron chi connectivity index (χ4n) is 3.27. The molecule has 1 saturated heterocycles. The van der Waals surface area contributed by atoms with Crippen molar-refractivity contribution < 1.29 is 21.9 Å². The van der Waals surface area contributed by atoms with Crippen LogP contribution in [0.5, 0.6) is 5.75 Å². The van der Waals surface area contributed by atoms with Crippen LogP contribution in [0.4, 0.5) is 20.2 Å². The Morgan fingerprint density at radius 1 is 1.07 bits per heavy atom. The van der Waals surface area contributed by atoms with Gasteiger partial charge in [0, 0.05) is 43.1 Å². The Bertz CT molecular complexity index is 943. The first kappa shape index (κ1) is 18.0. The van der Waals surface area contributed by atoms with Gasteiger partial charge in [-0.1, -0.05) is 0 Å². The smallest absolute Gasteiger partial charge is 0.402 e. The van der Waals surface area contributed by atoms with Gasteiger partial charge in [0.25, 0.3) is 10.0 Å². The molecule has 4 rings (SSSR count). The van der Waals surface area contributed by atoms with Crippen molar-refractivity contribution in [3.63, 3.8) is 0 Å². The van der Waals surface area contributed by atoms with Crippen molar-refractivity contribution in [1.82, 2.24) is 5.32 Å². The van der Waals surface area contributed by atoms with Gasteiger partial charge in [0.2, 0.25) is 0 Å². The van der Waals surface area contributed by atoms with Crippen LogP contribution < -0.4 is 19.7 Å². The molecule has 0 amide bonds. The van der Waals surface area contributed by atoms with Crippen molar-refractivity contribution in [3.8, 4) is 5.75 Å². The summed E-state index contributed by atoms with van der Waals surface area (Å²) in [5, 5.41) is 3.27. The highest BCUT2D eigenvalue weighted by Gasteiger charge is 2.39. The second-order valence-corrected chi connectivity index (χ2v) is 8.26. The maximum atomic E-state index is 13.3. The van der Waals surface area contributed by atoms with E-state index in [4.69, 9.17) is 0 Å². The topological polar surface area (TPSA) is 70.7 Å². The molecule has 0 spiro atoms. The minimum atomic E-state index is -3.82. The van der Waals surface area contributed by atoms with Crippen molar-refractivity contribution >= 4 is 21.4 Å². The zero-order valence-electron chi connectivity index (χ0n) is 14.4. The van der Waals surface area contributed by atoms with Crippen LogP contribution in [-0.4, -0.2) is 40.7 Å². The molecule has 9 heteroatoms. The van der Waals surface area contributed by atoms with Gasteiger partial charge in [0.05, 0.1) is 11.3 Å². The molecule has 2 aliphatic rings. The lowest BCUT2D eigenvalue weighted by atomic mass is 10.1. The number of rotatable bonds is 4. The largest absolute Gasteiger partial charge is 0.432 e. The molecule has 27 heavy (non-hydrogen) atoms.